The molecule has 0 aliphatic carbocycles. The zero-order chi connectivity index (χ0) is 9.84. The van der Waals surface area contributed by atoms with E-state index in [9.17, 15) is 0 Å². The molecule has 0 heterocycles. The molecule has 1 aromatic rings. The maximum Gasteiger partial charge on any atom is 0.0836 e. The van der Waals surface area contributed by atoms with Crippen molar-refractivity contribution in [1.82, 2.24) is 0 Å². The van der Waals surface area contributed by atoms with Gasteiger partial charge in [0.1, 0.15) is 0 Å². The van der Waals surface area contributed by atoms with Gasteiger partial charge in [0.25, 0.3) is 0 Å². The number of allylic oxidation sites excluding steroid dienone is 1. The van der Waals surface area contributed by atoms with Crippen LogP contribution in [0, 0.1) is 0 Å². The molecule has 0 amide bonds. The molecule has 1 aromatic carbocycles. The molecule has 0 fully saturated rings. The van der Waals surface area contributed by atoms with Crippen LogP contribution in [0.4, 0.5) is 0 Å². The van der Waals surface area contributed by atoms with Gasteiger partial charge in [-0.05, 0) is 25.0 Å². The lowest BCUT2D eigenvalue weighted by Crippen LogP contribution is -1.93. The Hall–Kier alpha value is -1.57. The normalized spacial score (nSPS) is 11.4. The van der Waals surface area contributed by atoms with Crippen LogP contribution in [-0.2, 0) is 0 Å². The summed E-state index contributed by atoms with van der Waals surface area (Å²) in [6.45, 7) is 7.56. The van der Waals surface area contributed by atoms with Gasteiger partial charge in [-0.1, -0.05) is 41.6 Å². The molecular weight excluding hydrogens is 162 g/mol. The molecule has 0 unspecified atom stereocenters. The van der Waals surface area contributed by atoms with E-state index >= 15 is 0 Å². The second-order valence-electron chi connectivity index (χ2n) is 3.04. The molecule has 2 heteroatoms. The molecule has 0 radical (unpaired) electrons. The van der Waals surface area contributed by atoms with Gasteiger partial charge in [0.15, 0.2) is 0 Å². The lowest BCUT2D eigenvalue weighted by molar-refractivity contribution is 0.319. The van der Waals surface area contributed by atoms with Gasteiger partial charge in [0.2, 0.25) is 0 Å². The first-order chi connectivity index (χ1) is 6.15. The third-order valence-electron chi connectivity index (χ3n) is 1.95. The lowest BCUT2D eigenvalue weighted by atomic mass is 10.1. The smallest absolute Gasteiger partial charge is 0.0836 e. The predicted octanol–water partition coefficient (Wildman–Crippen LogP) is 2.92. The van der Waals surface area contributed by atoms with Crippen LogP contribution >= 0.6 is 0 Å². The Morgan fingerprint density at radius 2 is 1.62 bits per heavy atom. The van der Waals surface area contributed by atoms with E-state index in [1.54, 1.807) is 6.92 Å². The Kier molecular flexibility index (Phi) is 2.85. The summed E-state index contributed by atoms with van der Waals surface area (Å²) in [6, 6.07) is 7.76. The quantitative estimate of drug-likeness (QED) is 0.418. The Labute approximate surface area is 78.2 Å². The van der Waals surface area contributed by atoms with Crippen LogP contribution in [0.5, 0.6) is 0 Å². The number of hydrogen-bond donors (Lipinski definition) is 1. The van der Waals surface area contributed by atoms with Crippen LogP contribution in [0.1, 0.15) is 25.0 Å². The van der Waals surface area contributed by atoms with E-state index in [0.29, 0.717) is 5.71 Å². The minimum Gasteiger partial charge on any atom is -0.411 e. The average Bonchev–Trinajstić information content (AvgIpc) is 2.17. The van der Waals surface area contributed by atoms with Crippen molar-refractivity contribution < 1.29 is 5.21 Å². The van der Waals surface area contributed by atoms with E-state index in [1.165, 1.54) is 0 Å². The van der Waals surface area contributed by atoms with Crippen LogP contribution < -0.4 is 0 Å². The highest BCUT2D eigenvalue weighted by atomic mass is 16.4. The molecule has 1 N–H and O–H groups in total. The summed E-state index contributed by atoms with van der Waals surface area (Å²) >= 11 is 0. The maximum atomic E-state index is 8.54. The predicted molar refractivity (Wildman–Crippen MR) is 55.1 cm³/mol. The van der Waals surface area contributed by atoms with Gasteiger partial charge < -0.3 is 5.21 Å². The van der Waals surface area contributed by atoms with E-state index in [4.69, 9.17) is 5.21 Å². The van der Waals surface area contributed by atoms with Gasteiger partial charge in [-0.25, -0.2) is 0 Å². The molecule has 13 heavy (non-hydrogen) atoms. The van der Waals surface area contributed by atoms with Crippen molar-refractivity contribution in [3.05, 3.63) is 42.0 Å². The first-order valence-electron chi connectivity index (χ1n) is 4.10. The molecular formula is C11H13NO. The summed E-state index contributed by atoms with van der Waals surface area (Å²) in [6.07, 6.45) is 0. The molecule has 0 saturated carbocycles. The largest absolute Gasteiger partial charge is 0.411 e. The van der Waals surface area contributed by atoms with E-state index in [1.807, 2.05) is 31.2 Å². The van der Waals surface area contributed by atoms with E-state index in [0.717, 1.165) is 16.7 Å². The van der Waals surface area contributed by atoms with Crippen molar-refractivity contribution >= 4 is 11.3 Å². The van der Waals surface area contributed by atoms with Gasteiger partial charge in [0, 0.05) is 0 Å². The van der Waals surface area contributed by atoms with Gasteiger partial charge in [-0.15, -0.1) is 0 Å². The molecule has 0 aliphatic rings. The van der Waals surface area contributed by atoms with E-state index < -0.39 is 0 Å². The minimum absolute atomic E-state index is 0.619. The SMILES string of the molecule is C=C(C)c1ccc(/C(C)=N\O)cc1. The number of hydrogen-bond acceptors (Lipinski definition) is 2. The van der Waals surface area contributed by atoms with E-state index in [-0.39, 0.29) is 0 Å². The van der Waals surface area contributed by atoms with Crippen molar-refractivity contribution in [1.29, 1.82) is 0 Å². The summed E-state index contributed by atoms with van der Waals surface area (Å²) in [5.41, 5.74) is 3.68. The highest BCUT2D eigenvalue weighted by Gasteiger charge is 1.97. The van der Waals surface area contributed by atoms with Gasteiger partial charge in [-0.2, -0.15) is 0 Å². The first-order valence-corrected chi connectivity index (χ1v) is 4.10. The van der Waals surface area contributed by atoms with Crippen molar-refractivity contribution in [2.75, 3.05) is 0 Å². The fourth-order valence-electron chi connectivity index (χ4n) is 1.05. The van der Waals surface area contributed by atoms with Crippen LogP contribution in [0.2, 0.25) is 0 Å². The second kappa shape index (κ2) is 3.90. The molecule has 1 rings (SSSR count). The van der Waals surface area contributed by atoms with E-state index in [2.05, 4.69) is 11.7 Å². The topological polar surface area (TPSA) is 32.6 Å². The fraction of sp³-hybridized carbons (Fsp3) is 0.182. The zero-order valence-electron chi connectivity index (χ0n) is 7.91. The lowest BCUT2D eigenvalue weighted by Gasteiger charge is -2.01. The molecule has 68 valence electrons. The van der Waals surface area contributed by atoms with Crippen molar-refractivity contribution in [3.63, 3.8) is 0 Å². The van der Waals surface area contributed by atoms with Gasteiger partial charge in [0.05, 0.1) is 5.71 Å². The highest BCUT2D eigenvalue weighted by Crippen LogP contribution is 2.12. The maximum absolute atomic E-state index is 8.54. The molecule has 0 atom stereocenters. The van der Waals surface area contributed by atoms with Crippen LogP contribution in [-0.4, -0.2) is 10.9 Å². The molecule has 0 saturated heterocycles. The number of rotatable bonds is 2. The number of benzene rings is 1. The van der Waals surface area contributed by atoms with Crippen LogP contribution in [0.15, 0.2) is 36.0 Å². The summed E-state index contributed by atoms with van der Waals surface area (Å²) in [4.78, 5) is 0. The third kappa shape index (κ3) is 2.18. The van der Waals surface area contributed by atoms with Crippen molar-refractivity contribution in [2.24, 2.45) is 5.16 Å². The molecule has 0 spiro atoms. The average molecular weight is 175 g/mol. The fourth-order valence-corrected chi connectivity index (χ4v) is 1.05. The monoisotopic (exact) mass is 175 g/mol. The summed E-state index contributed by atoms with van der Waals surface area (Å²) < 4.78 is 0. The molecule has 2 nitrogen and oxygen atoms in total. The Morgan fingerprint density at radius 1 is 1.15 bits per heavy atom. The van der Waals surface area contributed by atoms with Crippen molar-refractivity contribution in [3.8, 4) is 0 Å². The second-order valence-corrected chi connectivity index (χ2v) is 3.04. The molecule has 0 aliphatic heterocycles. The van der Waals surface area contributed by atoms with Crippen LogP contribution in [0.3, 0.4) is 0 Å². The summed E-state index contributed by atoms with van der Waals surface area (Å²) in [5.74, 6) is 0. The molecule has 0 aromatic heterocycles. The highest BCUT2D eigenvalue weighted by molar-refractivity contribution is 5.98. The standard InChI is InChI=1S/C11H13NO/c1-8(2)10-4-6-11(7-5-10)9(3)12-13/h4-7,13H,1H2,2-3H3/b12-9-. The third-order valence-corrected chi connectivity index (χ3v) is 1.95. The summed E-state index contributed by atoms with van der Waals surface area (Å²) in [5, 5.41) is 11.7. The van der Waals surface area contributed by atoms with Gasteiger partial charge in [-0.3, -0.25) is 0 Å². The number of oxime groups is 1. The van der Waals surface area contributed by atoms with Gasteiger partial charge >= 0.3 is 0 Å². The Morgan fingerprint density at radius 3 is 2.00 bits per heavy atom. The van der Waals surface area contributed by atoms with Crippen molar-refractivity contribution in [2.45, 2.75) is 13.8 Å². The zero-order valence-corrected chi connectivity index (χ0v) is 7.91. The Balaban J connectivity index is 3.00. The van der Waals surface area contributed by atoms with Crippen LogP contribution in [0.25, 0.3) is 5.57 Å². The number of nitrogens with zero attached hydrogens (tertiary/aromatic N) is 1. The minimum atomic E-state index is 0.619. The first kappa shape index (κ1) is 9.52. The summed E-state index contributed by atoms with van der Waals surface area (Å²) in [7, 11) is 0. The molecule has 0 bridgehead atoms. The Bertz CT molecular complexity index is 336.